The topological polar surface area (TPSA) is 198 Å². The van der Waals surface area contributed by atoms with E-state index in [0.717, 1.165) is 0 Å². The van der Waals surface area contributed by atoms with Crippen LogP contribution in [0, 0.1) is 11.8 Å². The van der Waals surface area contributed by atoms with Crippen LogP contribution in [0.3, 0.4) is 0 Å². The summed E-state index contributed by atoms with van der Waals surface area (Å²) < 4.78 is 0. The van der Waals surface area contributed by atoms with Gasteiger partial charge in [0, 0.05) is 31.3 Å². The van der Waals surface area contributed by atoms with Crippen molar-refractivity contribution < 1.29 is 24.0 Å². The highest BCUT2D eigenvalue weighted by atomic mass is 16.2. The zero-order valence-electron chi connectivity index (χ0n) is 25.2. The van der Waals surface area contributed by atoms with Crippen molar-refractivity contribution >= 4 is 35.4 Å². The number of benzene rings is 1. The average molecular weight is 586 g/mol. The Bertz CT molecular complexity index is 1120. The summed E-state index contributed by atoms with van der Waals surface area (Å²) in [7, 11) is 0. The minimum atomic E-state index is -1.21. The third kappa shape index (κ3) is 10.5. The van der Waals surface area contributed by atoms with Crippen LogP contribution in [0.2, 0.25) is 0 Å². The Labute approximate surface area is 248 Å². The van der Waals surface area contributed by atoms with Gasteiger partial charge in [0.05, 0.1) is 5.54 Å². The van der Waals surface area contributed by atoms with Crippen LogP contribution < -0.4 is 32.7 Å². The van der Waals surface area contributed by atoms with Gasteiger partial charge < -0.3 is 32.7 Å². The number of guanidine groups is 1. The molecule has 4 atom stereocenters. The zero-order valence-corrected chi connectivity index (χ0v) is 25.2. The summed E-state index contributed by atoms with van der Waals surface area (Å²) in [4.78, 5) is 70.5. The molecular formula is C30H47N7O5. The van der Waals surface area contributed by atoms with Gasteiger partial charge in [0.25, 0.3) is 0 Å². The molecular weight excluding hydrogens is 538 g/mol. The monoisotopic (exact) mass is 585 g/mol. The number of nitrogens with two attached hydrogens (primary N) is 2. The van der Waals surface area contributed by atoms with E-state index in [1.165, 1.54) is 0 Å². The normalized spacial score (nSPS) is 24.7. The first kappa shape index (κ1) is 34.2. The molecule has 2 rings (SSSR count). The Kier molecular flexibility index (Phi) is 13.4. The number of amides is 4. The number of nitrogens with one attached hydrogen (secondary N) is 4. The molecule has 4 amide bonds. The number of nitrogens with zero attached hydrogens (tertiary/aromatic N) is 1. The Morgan fingerprint density at radius 3 is 2.36 bits per heavy atom. The van der Waals surface area contributed by atoms with Crippen molar-refractivity contribution in [3.63, 3.8) is 0 Å². The van der Waals surface area contributed by atoms with Crippen LogP contribution in [-0.4, -0.2) is 60.0 Å². The molecule has 12 heteroatoms. The van der Waals surface area contributed by atoms with Gasteiger partial charge in [0.2, 0.25) is 23.6 Å². The highest BCUT2D eigenvalue weighted by Crippen LogP contribution is 2.24. The predicted octanol–water partition coefficient (Wildman–Crippen LogP) is 1.20. The number of ketones is 1. The first-order chi connectivity index (χ1) is 19.9. The van der Waals surface area contributed by atoms with E-state index in [-0.39, 0.29) is 55.3 Å². The summed E-state index contributed by atoms with van der Waals surface area (Å²) in [6.45, 7) is 7.51. The lowest BCUT2D eigenvalue weighted by atomic mass is 9.83. The first-order valence-corrected chi connectivity index (χ1v) is 14.7. The molecule has 0 spiro atoms. The smallest absolute Gasteiger partial charge is 0.247 e. The molecule has 12 nitrogen and oxygen atoms in total. The van der Waals surface area contributed by atoms with Crippen LogP contribution in [0.1, 0.15) is 84.2 Å². The second kappa shape index (κ2) is 16.5. The standard InChI is InChI=1S/C30H47N7O5/c1-5-22-27(41)36-24(20-12-7-6-8-13-20)28(42)33-16-10-9-15-30(4,37-25(39)19(2)3)23(38)18-21(26(40)35-22)14-11-17-34-29(31)32/h6-8,12-13,19,21-22,24H,5,9-11,14-18H2,1-4H3,(H,33,42)(H,35,40)(H,36,41)(H,37,39)(H4,31,32,34)/t21-,22+,24-,30-/m1/s1. The summed E-state index contributed by atoms with van der Waals surface area (Å²) in [5, 5.41) is 11.4. The molecule has 1 aromatic carbocycles. The Hall–Kier alpha value is -3.96. The fourth-order valence-corrected chi connectivity index (χ4v) is 4.76. The molecule has 8 N–H and O–H groups in total. The van der Waals surface area contributed by atoms with Crippen LogP contribution in [0.4, 0.5) is 0 Å². The summed E-state index contributed by atoms with van der Waals surface area (Å²) >= 11 is 0. The Morgan fingerprint density at radius 2 is 1.74 bits per heavy atom. The number of hydrogen-bond acceptors (Lipinski definition) is 6. The molecule has 0 unspecified atom stereocenters. The molecule has 1 aliphatic rings. The highest BCUT2D eigenvalue weighted by molar-refractivity contribution is 5.97. The van der Waals surface area contributed by atoms with Gasteiger partial charge in [0.15, 0.2) is 11.7 Å². The number of Topliss-reactive ketones (excluding diaryl/α,β-unsaturated/α-hetero) is 1. The fourth-order valence-electron chi connectivity index (χ4n) is 4.76. The number of carbonyl (C=O) groups is 5. The lowest BCUT2D eigenvalue weighted by Gasteiger charge is -2.32. The molecule has 0 saturated carbocycles. The highest BCUT2D eigenvalue weighted by Gasteiger charge is 2.38. The minimum absolute atomic E-state index is 0.0720. The van der Waals surface area contributed by atoms with Gasteiger partial charge in [-0.05, 0) is 51.0 Å². The number of rotatable bonds is 8. The van der Waals surface area contributed by atoms with Gasteiger partial charge >= 0.3 is 0 Å². The molecule has 0 radical (unpaired) electrons. The average Bonchev–Trinajstić information content (AvgIpc) is 2.95. The van der Waals surface area contributed by atoms with E-state index in [0.29, 0.717) is 37.8 Å². The van der Waals surface area contributed by atoms with Gasteiger partial charge in [-0.2, -0.15) is 0 Å². The van der Waals surface area contributed by atoms with Crippen LogP contribution in [0.5, 0.6) is 0 Å². The van der Waals surface area contributed by atoms with Crippen molar-refractivity contribution in [3.05, 3.63) is 35.9 Å². The van der Waals surface area contributed by atoms with E-state index in [1.54, 1.807) is 52.0 Å². The van der Waals surface area contributed by atoms with Crippen molar-refractivity contribution in [1.82, 2.24) is 21.3 Å². The molecule has 1 aromatic rings. The maximum absolute atomic E-state index is 13.7. The van der Waals surface area contributed by atoms with Crippen LogP contribution in [-0.2, 0) is 24.0 Å². The van der Waals surface area contributed by atoms with E-state index in [9.17, 15) is 24.0 Å². The van der Waals surface area contributed by atoms with Gasteiger partial charge in [0.1, 0.15) is 12.1 Å². The van der Waals surface area contributed by atoms with Crippen molar-refractivity contribution in [2.24, 2.45) is 28.3 Å². The molecule has 42 heavy (non-hydrogen) atoms. The van der Waals surface area contributed by atoms with Gasteiger partial charge in [-0.1, -0.05) is 51.1 Å². The second-order valence-corrected chi connectivity index (χ2v) is 11.3. The molecule has 0 bridgehead atoms. The summed E-state index contributed by atoms with van der Waals surface area (Å²) in [6, 6.07) is 6.99. The molecule has 232 valence electrons. The quantitative estimate of drug-likeness (QED) is 0.150. The Balaban J connectivity index is 2.42. The predicted molar refractivity (Wildman–Crippen MR) is 161 cm³/mol. The van der Waals surface area contributed by atoms with Gasteiger partial charge in [-0.25, -0.2) is 0 Å². The second-order valence-electron chi connectivity index (χ2n) is 11.3. The first-order valence-electron chi connectivity index (χ1n) is 14.7. The van der Waals surface area contributed by atoms with E-state index >= 15 is 0 Å². The number of hydrogen-bond donors (Lipinski definition) is 6. The maximum atomic E-state index is 13.7. The van der Waals surface area contributed by atoms with Crippen molar-refractivity contribution in [1.29, 1.82) is 0 Å². The molecule has 1 aliphatic heterocycles. The third-order valence-electron chi connectivity index (χ3n) is 7.47. The molecule has 1 saturated heterocycles. The van der Waals surface area contributed by atoms with E-state index in [1.807, 2.05) is 6.07 Å². The molecule has 0 aromatic heterocycles. The van der Waals surface area contributed by atoms with Gasteiger partial charge in [-0.15, -0.1) is 0 Å². The lowest BCUT2D eigenvalue weighted by molar-refractivity contribution is -0.137. The van der Waals surface area contributed by atoms with Crippen LogP contribution in [0.15, 0.2) is 35.3 Å². The number of carbonyl (C=O) groups excluding carboxylic acids is 5. The summed E-state index contributed by atoms with van der Waals surface area (Å²) in [5.41, 5.74) is 10.3. The van der Waals surface area contributed by atoms with Crippen molar-refractivity contribution in [2.45, 2.75) is 90.3 Å². The third-order valence-corrected chi connectivity index (χ3v) is 7.47. The van der Waals surface area contributed by atoms with Gasteiger partial charge in [-0.3, -0.25) is 29.0 Å². The summed E-state index contributed by atoms with van der Waals surface area (Å²) in [5.74, 6) is -3.12. The minimum Gasteiger partial charge on any atom is -0.370 e. The van der Waals surface area contributed by atoms with Crippen molar-refractivity contribution in [2.75, 3.05) is 13.1 Å². The molecule has 1 fully saturated rings. The molecule has 0 aliphatic carbocycles. The van der Waals surface area contributed by atoms with Crippen LogP contribution >= 0.6 is 0 Å². The fraction of sp³-hybridized carbons (Fsp3) is 0.600. The van der Waals surface area contributed by atoms with E-state index < -0.39 is 35.4 Å². The van der Waals surface area contributed by atoms with E-state index in [2.05, 4.69) is 26.3 Å². The largest absolute Gasteiger partial charge is 0.370 e. The Morgan fingerprint density at radius 1 is 1.05 bits per heavy atom. The van der Waals surface area contributed by atoms with E-state index in [4.69, 9.17) is 11.5 Å². The maximum Gasteiger partial charge on any atom is 0.247 e. The lowest BCUT2D eigenvalue weighted by Crippen LogP contribution is -2.55. The zero-order chi connectivity index (χ0) is 31.3. The number of aliphatic imine (C=N–C) groups is 1. The van der Waals surface area contributed by atoms with Crippen LogP contribution in [0.25, 0.3) is 0 Å². The SMILES string of the molecule is CC[C@@H]1NC(=O)[C@H](CCCN=C(N)N)CC(=O)[C@](C)(NC(=O)C(C)C)CCCCNC(=O)[C@@H](c2ccccc2)NC1=O. The summed E-state index contributed by atoms with van der Waals surface area (Å²) in [6.07, 6.45) is 2.25. The van der Waals surface area contributed by atoms with Crippen molar-refractivity contribution in [3.8, 4) is 0 Å². The molecule has 1 heterocycles.